The van der Waals surface area contributed by atoms with Crippen molar-refractivity contribution in [2.45, 2.75) is 32.6 Å². The van der Waals surface area contributed by atoms with Gasteiger partial charge in [0.05, 0.1) is 5.41 Å². The molecule has 3 nitrogen and oxygen atoms in total. The third-order valence-electron chi connectivity index (χ3n) is 4.92. The predicted octanol–water partition coefficient (Wildman–Crippen LogP) is 4.82. The quantitative estimate of drug-likeness (QED) is 0.880. The van der Waals surface area contributed by atoms with Gasteiger partial charge in [0.15, 0.2) is 0 Å². The number of carbonyl (C=O) groups is 1. The van der Waals surface area contributed by atoms with Crippen molar-refractivity contribution in [3.8, 4) is 11.5 Å². The van der Waals surface area contributed by atoms with Crippen LogP contribution in [0.3, 0.4) is 0 Å². The summed E-state index contributed by atoms with van der Waals surface area (Å²) in [5, 5.41) is 9.99. The fourth-order valence-electron chi connectivity index (χ4n) is 3.59. The molecule has 3 rings (SSSR count). The highest BCUT2D eigenvalue weighted by Gasteiger charge is 2.47. The molecule has 0 aliphatic carbocycles. The second-order valence-corrected chi connectivity index (χ2v) is 5.78. The molecule has 1 aliphatic heterocycles. The Morgan fingerprint density at radius 1 is 1.00 bits per heavy atom. The van der Waals surface area contributed by atoms with E-state index in [0.717, 1.165) is 22.6 Å². The lowest BCUT2D eigenvalue weighted by Crippen LogP contribution is -2.38. The van der Waals surface area contributed by atoms with Crippen molar-refractivity contribution >= 4 is 5.97 Å². The Hall–Kier alpha value is -2.29. The van der Waals surface area contributed by atoms with Crippen LogP contribution in [0.4, 0.5) is 0 Å². The smallest absolute Gasteiger partial charge is 0.310 e. The standard InChI is InChI=1S/C19H20O3/c1-3-19(4-2,18(20)21)17-13-9-5-7-11-15(13)22-16-12-8-6-10-14(16)17/h5-12,17H,3-4H2,1-2H3,(H,20,21). The van der Waals surface area contributed by atoms with Gasteiger partial charge < -0.3 is 9.84 Å². The fraction of sp³-hybridized carbons (Fsp3) is 0.316. The zero-order valence-electron chi connectivity index (χ0n) is 12.9. The van der Waals surface area contributed by atoms with Gasteiger partial charge in [0.25, 0.3) is 0 Å². The second-order valence-electron chi connectivity index (χ2n) is 5.78. The summed E-state index contributed by atoms with van der Waals surface area (Å²) in [6, 6.07) is 15.5. The molecule has 0 atom stereocenters. The molecule has 2 aromatic carbocycles. The minimum atomic E-state index is -0.823. The molecule has 0 spiro atoms. The van der Waals surface area contributed by atoms with E-state index in [1.54, 1.807) is 0 Å². The molecule has 0 radical (unpaired) electrons. The van der Waals surface area contributed by atoms with Gasteiger partial charge in [0.2, 0.25) is 0 Å². The lowest BCUT2D eigenvalue weighted by molar-refractivity contribution is -0.150. The third kappa shape index (κ3) is 2.00. The molecule has 0 bridgehead atoms. The van der Waals surface area contributed by atoms with Crippen molar-refractivity contribution < 1.29 is 14.6 Å². The monoisotopic (exact) mass is 296 g/mol. The van der Waals surface area contributed by atoms with Gasteiger partial charge in [-0.05, 0) is 25.0 Å². The van der Waals surface area contributed by atoms with E-state index in [1.165, 1.54) is 0 Å². The Balaban J connectivity index is 2.28. The van der Waals surface area contributed by atoms with Gasteiger partial charge in [-0.3, -0.25) is 4.79 Å². The van der Waals surface area contributed by atoms with Crippen molar-refractivity contribution in [1.29, 1.82) is 0 Å². The van der Waals surface area contributed by atoms with Crippen molar-refractivity contribution in [3.63, 3.8) is 0 Å². The van der Waals surface area contributed by atoms with E-state index >= 15 is 0 Å². The Kier molecular flexibility index (Phi) is 3.65. The molecule has 1 heterocycles. The first-order chi connectivity index (χ1) is 10.6. The lowest BCUT2D eigenvalue weighted by Gasteiger charge is -2.40. The molecule has 0 fully saturated rings. The van der Waals surface area contributed by atoms with Crippen LogP contribution in [-0.2, 0) is 4.79 Å². The summed E-state index contributed by atoms with van der Waals surface area (Å²) in [6.45, 7) is 3.91. The van der Waals surface area contributed by atoms with Gasteiger partial charge >= 0.3 is 5.97 Å². The summed E-state index contributed by atoms with van der Waals surface area (Å²) in [7, 11) is 0. The predicted molar refractivity (Wildman–Crippen MR) is 85.5 cm³/mol. The summed E-state index contributed by atoms with van der Waals surface area (Å²) >= 11 is 0. The Morgan fingerprint density at radius 3 is 1.86 bits per heavy atom. The van der Waals surface area contributed by atoms with Crippen LogP contribution in [0.25, 0.3) is 0 Å². The molecule has 1 aliphatic rings. The molecule has 22 heavy (non-hydrogen) atoms. The maximum absolute atomic E-state index is 12.2. The third-order valence-corrected chi connectivity index (χ3v) is 4.92. The second kappa shape index (κ2) is 5.48. The van der Waals surface area contributed by atoms with Crippen LogP contribution in [0.5, 0.6) is 11.5 Å². The number of benzene rings is 2. The van der Waals surface area contributed by atoms with E-state index in [4.69, 9.17) is 4.74 Å². The molecular weight excluding hydrogens is 276 g/mol. The van der Waals surface area contributed by atoms with Crippen LogP contribution in [0.15, 0.2) is 48.5 Å². The van der Waals surface area contributed by atoms with Gasteiger partial charge in [0, 0.05) is 17.0 Å². The van der Waals surface area contributed by atoms with E-state index in [1.807, 2.05) is 62.4 Å². The summed E-state index contributed by atoms with van der Waals surface area (Å²) < 4.78 is 5.98. The molecular formula is C19H20O3. The van der Waals surface area contributed by atoms with E-state index in [-0.39, 0.29) is 5.92 Å². The van der Waals surface area contributed by atoms with Crippen LogP contribution < -0.4 is 4.74 Å². The lowest BCUT2D eigenvalue weighted by atomic mass is 9.64. The number of hydrogen-bond donors (Lipinski definition) is 1. The number of para-hydroxylation sites is 2. The summed E-state index contributed by atoms with van der Waals surface area (Å²) in [5.41, 5.74) is 1.11. The zero-order valence-corrected chi connectivity index (χ0v) is 12.9. The zero-order chi connectivity index (χ0) is 15.7. The summed E-state index contributed by atoms with van der Waals surface area (Å²) in [6.07, 6.45) is 1.15. The van der Waals surface area contributed by atoms with E-state index in [2.05, 4.69) is 0 Å². The first-order valence-electron chi connectivity index (χ1n) is 7.73. The summed E-state index contributed by atoms with van der Waals surface area (Å²) in [4.78, 5) is 12.2. The highest BCUT2D eigenvalue weighted by molar-refractivity contribution is 5.78. The number of hydrogen-bond acceptors (Lipinski definition) is 2. The number of fused-ring (bicyclic) bond motifs is 2. The maximum atomic E-state index is 12.2. The average Bonchev–Trinajstić information content (AvgIpc) is 2.55. The number of carboxylic acids is 1. The van der Waals surface area contributed by atoms with Crippen LogP contribution >= 0.6 is 0 Å². The molecule has 1 N–H and O–H groups in total. The molecule has 2 aromatic rings. The number of aliphatic carboxylic acids is 1. The number of carboxylic acid groups (broad SMARTS) is 1. The largest absolute Gasteiger partial charge is 0.481 e. The molecule has 0 amide bonds. The van der Waals surface area contributed by atoms with E-state index < -0.39 is 11.4 Å². The van der Waals surface area contributed by atoms with Crippen LogP contribution in [-0.4, -0.2) is 11.1 Å². The molecule has 0 saturated heterocycles. The van der Waals surface area contributed by atoms with Crippen molar-refractivity contribution in [2.24, 2.45) is 5.41 Å². The molecule has 0 saturated carbocycles. The maximum Gasteiger partial charge on any atom is 0.310 e. The van der Waals surface area contributed by atoms with Crippen LogP contribution in [0.2, 0.25) is 0 Å². The highest BCUT2D eigenvalue weighted by atomic mass is 16.5. The fourth-order valence-corrected chi connectivity index (χ4v) is 3.59. The molecule has 0 unspecified atom stereocenters. The van der Waals surface area contributed by atoms with E-state index in [0.29, 0.717) is 12.8 Å². The minimum absolute atomic E-state index is 0.193. The SMILES string of the molecule is CCC(CC)(C(=O)O)C1c2ccccc2Oc2ccccc21. The van der Waals surface area contributed by atoms with E-state index in [9.17, 15) is 9.90 Å². The topological polar surface area (TPSA) is 46.5 Å². The van der Waals surface area contributed by atoms with Crippen LogP contribution in [0, 0.1) is 5.41 Å². The van der Waals surface area contributed by atoms with Gasteiger partial charge in [0.1, 0.15) is 11.5 Å². The Bertz CT molecular complexity index is 656. The van der Waals surface area contributed by atoms with Crippen molar-refractivity contribution in [2.75, 3.05) is 0 Å². The average molecular weight is 296 g/mol. The number of rotatable bonds is 4. The van der Waals surface area contributed by atoms with Gasteiger partial charge in [-0.2, -0.15) is 0 Å². The normalized spacial score (nSPS) is 13.9. The summed E-state index contributed by atoms with van der Waals surface area (Å²) in [5.74, 6) is 0.590. The Labute approximate surface area is 130 Å². The highest BCUT2D eigenvalue weighted by Crippen LogP contribution is 2.54. The molecule has 3 heteroatoms. The number of ether oxygens (including phenoxy) is 1. The van der Waals surface area contributed by atoms with Crippen molar-refractivity contribution in [1.82, 2.24) is 0 Å². The first-order valence-corrected chi connectivity index (χ1v) is 7.73. The van der Waals surface area contributed by atoms with Gasteiger partial charge in [-0.25, -0.2) is 0 Å². The van der Waals surface area contributed by atoms with Gasteiger partial charge in [-0.15, -0.1) is 0 Å². The van der Waals surface area contributed by atoms with Crippen LogP contribution in [0.1, 0.15) is 43.7 Å². The first kappa shape index (κ1) is 14.6. The Morgan fingerprint density at radius 2 is 1.45 bits per heavy atom. The van der Waals surface area contributed by atoms with Gasteiger partial charge in [-0.1, -0.05) is 50.2 Å². The molecule has 114 valence electrons. The van der Waals surface area contributed by atoms with Crippen molar-refractivity contribution in [3.05, 3.63) is 59.7 Å². The minimum Gasteiger partial charge on any atom is -0.481 e. The molecule has 0 aromatic heterocycles.